The summed E-state index contributed by atoms with van der Waals surface area (Å²) in [4.78, 5) is 18.3. The van der Waals surface area contributed by atoms with Crippen molar-refractivity contribution in [2.24, 2.45) is 0 Å². The third-order valence-electron chi connectivity index (χ3n) is 6.71. The maximum Gasteiger partial charge on any atom is 0.333 e. The van der Waals surface area contributed by atoms with Gasteiger partial charge in [0, 0.05) is 54.9 Å². The minimum absolute atomic E-state index is 0.111. The maximum absolute atomic E-state index is 14.6. The van der Waals surface area contributed by atoms with Crippen LogP contribution >= 0.6 is 0 Å². The van der Waals surface area contributed by atoms with Gasteiger partial charge in [-0.2, -0.15) is 5.10 Å². The Labute approximate surface area is 235 Å². The van der Waals surface area contributed by atoms with E-state index >= 15 is 0 Å². The van der Waals surface area contributed by atoms with Gasteiger partial charge in [0.25, 0.3) is 0 Å². The zero-order valence-corrected chi connectivity index (χ0v) is 22.1. The molecule has 1 fully saturated rings. The molecule has 2 amide bonds. The summed E-state index contributed by atoms with van der Waals surface area (Å²) in [6.07, 6.45) is 2.69. The lowest BCUT2D eigenvalue weighted by Gasteiger charge is -2.36. The first-order valence-corrected chi connectivity index (χ1v) is 12.9. The van der Waals surface area contributed by atoms with E-state index < -0.39 is 17.2 Å². The molecule has 0 saturated carbocycles. The predicted octanol–water partition coefficient (Wildman–Crippen LogP) is 2.96. The number of anilines is 3. The number of nitrogen functional groups attached to an aromatic ring is 1. The number of piperazine rings is 1. The summed E-state index contributed by atoms with van der Waals surface area (Å²) in [5.74, 6) is -1.17. The van der Waals surface area contributed by atoms with Gasteiger partial charge < -0.3 is 25.8 Å². The van der Waals surface area contributed by atoms with Gasteiger partial charge in [-0.15, -0.1) is 0 Å². The van der Waals surface area contributed by atoms with Crippen LogP contribution in [0.25, 0.3) is 0 Å². The quantitative estimate of drug-likeness (QED) is 0.228. The highest BCUT2D eigenvalue weighted by molar-refractivity contribution is 5.89. The smallest absolute Gasteiger partial charge is 0.333 e. The van der Waals surface area contributed by atoms with Crippen molar-refractivity contribution in [2.75, 3.05) is 48.7 Å². The molecular weight excluding hydrogens is 534 g/mol. The summed E-state index contributed by atoms with van der Waals surface area (Å²) in [6.45, 7) is 2.15. The van der Waals surface area contributed by atoms with Gasteiger partial charge in [0.05, 0.1) is 6.54 Å². The van der Waals surface area contributed by atoms with Crippen molar-refractivity contribution in [3.05, 3.63) is 96.6 Å². The number of carbonyl (C=O) groups excluding carboxylic acids is 1. The van der Waals surface area contributed by atoms with E-state index in [4.69, 9.17) is 10.5 Å². The molecule has 0 radical (unpaired) electrons. The van der Waals surface area contributed by atoms with Crippen molar-refractivity contribution in [3.8, 4) is 5.75 Å². The Hall–Kier alpha value is -4.75. The van der Waals surface area contributed by atoms with Crippen LogP contribution in [-0.4, -0.2) is 63.7 Å². The summed E-state index contributed by atoms with van der Waals surface area (Å²) in [5, 5.41) is 20.0. The number of rotatable bonds is 9. The number of halogens is 2. The number of hydrazine groups is 1. The second-order valence-electron chi connectivity index (χ2n) is 9.69. The lowest BCUT2D eigenvalue weighted by molar-refractivity contribution is -0.0297. The third kappa shape index (κ3) is 7.07. The number of hydrogen-bond donors (Lipinski definition) is 4. The van der Waals surface area contributed by atoms with Crippen molar-refractivity contribution in [3.63, 3.8) is 0 Å². The Kier molecular flexibility index (Phi) is 8.26. The highest BCUT2D eigenvalue weighted by atomic mass is 19.1. The Balaban J connectivity index is 1.15. The van der Waals surface area contributed by atoms with Crippen LogP contribution in [-0.2, 0) is 12.1 Å². The second-order valence-corrected chi connectivity index (χ2v) is 9.69. The number of aliphatic hydroxyl groups is 1. The van der Waals surface area contributed by atoms with E-state index in [1.807, 2.05) is 17.1 Å². The fourth-order valence-corrected chi connectivity index (χ4v) is 4.56. The molecule has 0 aliphatic carbocycles. The van der Waals surface area contributed by atoms with Crippen LogP contribution in [0, 0.1) is 11.6 Å². The summed E-state index contributed by atoms with van der Waals surface area (Å²) in [6, 6.07) is 16.9. The van der Waals surface area contributed by atoms with Gasteiger partial charge in [-0.05, 0) is 54.6 Å². The molecule has 1 aliphatic heterocycles. The molecule has 1 unspecified atom stereocenters. The molecule has 0 bridgehead atoms. The Bertz CT molecular complexity index is 1450. The van der Waals surface area contributed by atoms with Gasteiger partial charge >= 0.3 is 6.03 Å². The number of nitrogens with two attached hydrogens (primary N) is 1. The number of nitrogens with zero attached hydrogens (tertiary/aromatic N) is 5. The topological polar surface area (TPSA) is 134 Å². The number of urea groups is 1. The van der Waals surface area contributed by atoms with E-state index in [2.05, 4.69) is 25.7 Å². The fraction of sp³-hybridized carbons (Fsp3) is 0.250. The van der Waals surface area contributed by atoms with E-state index in [-0.39, 0.29) is 24.7 Å². The first kappa shape index (κ1) is 27.8. The molecular formula is C28H30F2N8O3. The largest absolute Gasteiger partial charge is 0.490 e. The highest BCUT2D eigenvalue weighted by Crippen LogP contribution is 2.29. The molecule has 5 rings (SSSR count). The van der Waals surface area contributed by atoms with Crippen LogP contribution in [0.5, 0.6) is 5.75 Å². The number of amides is 2. The van der Waals surface area contributed by atoms with Gasteiger partial charge in [-0.3, -0.25) is 5.43 Å². The molecule has 214 valence electrons. The van der Waals surface area contributed by atoms with Gasteiger partial charge in [-0.25, -0.2) is 28.3 Å². The Morgan fingerprint density at radius 2 is 1.76 bits per heavy atom. The average Bonchev–Trinajstić information content (AvgIpc) is 3.46. The highest BCUT2D eigenvalue weighted by Gasteiger charge is 2.35. The van der Waals surface area contributed by atoms with Crippen LogP contribution in [0.3, 0.4) is 0 Å². The lowest BCUT2D eigenvalue weighted by Crippen LogP contribution is -2.54. The third-order valence-corrected chi connectivity index (χ3v) is 6.71. The van der Waals surface area contributed by atoms with Crippen molar-refractivity contribution in [1.82, 2.24) is 25.2 Å². The summed E-state index contributed by atoms with van der Waals surface area (Å²) < 4.78 is 35.3. The Morgan fingerprint density at radius 1 is 1.02 bits per heavy atom. The molecule has 4 aromatic rings. The van der Waals surface area contributed by atoms with Gasteiger partial charge in [-0.1, -0.05) is 6.07 Å². The van der Waals surface area contributed by atoms with E-state index in [9.17, 15) is 18.7 Å². The number of nitrogens with one attached hydrogen (secondary N) is 2. The van der Waals surface area contributed by atoms with Gasteiger partial charge in [0.1, 0.15) is 42.2 Å². The predicted molar refractivity (Wildman–Crippen MR) is 149 cm³/mol. The normalized spacial score (nSPS) is 15.2. The minimum Gasteiger partial charge on any atom is -0.490 e. The number of benzene rings is 3. The number of ether oxygens (including phenoxy) is 1. The van der Waals surface area contributed by atoms with Crippen molar-refractivity contribution in [1.29, 1.82) is 0 Å². The number of hydrogen-bond acceptors (Lipinski definition) is 8. The van der Waals surface area contributed by atoms with Crippen molar-refractivity contribution >= 4 is 23.1 Å². The second kappa shape index (κ2) is 12.2. The van der Waals surface area contributed by atoms with Gasteiger partial charge in [0.15, 0.2) is 0 Å². The lowest BCUT2D eigenvalue weighted by atomic mass is 9.94. The molecule has 1 saturated heterocycles. The Morgan fingerprint density at radius 3 is 2.41 bits per heavy atom. The van der Waals surface area contributed by atoms with Crippen molar-refractivity contribution in [2.45, 2.75) is 12.1 Å². The number of carbonyl (C=O) groups is 1. The number of aromatic nitrogens is 3. The summed E-state index contributed by atoms with van der Waals surface area (Å²) in [7, 11) is 0. The summed E-state index contributed by atoms with van der Waals surface area (Å²) in [5.41, 5.74) is 8.81. The monoisotopic (exact) mass is 564 g/mol. The van der Waals surface area contributed by atoms with Crippen LogP contribution in [0.4, 0.5) is 30.6 Å². The molecule has 1 aromatic heterocycles. The van der Waals surface area contributed by atoms with E-state index in [0.717, 1.165) is 17.8 Å². The SMILES string of the molecule is Nc1ccc(NC(=O)NN2CCN(c3ccc(OCC(O)(Cn4cncn4)c4ccc(F)cc4F)cc3)CC2)cc1. The molecule has 2 heterocycles. The molecule has 13 heteroatoms. The zero-order valence-electron chi connectivity index (χ0n) is 22.1. The fourth-order valence-electron chi connectivity index (χ4n) is 4.56. The molecule has 11 nitrogen and oxygen atoms in total. The minimum atomic E-state index is -1.84. The van der Waals surface area contributed by atoms with Crippen LogP contribution in [0.2, 0.25) is 0 Å². The van der Waals surface area contributed by atoms with Crippen LogP contribution in [0.1, 0.15) is 5.56 Å². The van der Waals surface area contributed by atoms with E-state index in [0.29, 0.717) is 43.3 Å². The molecule has 3 aromatic carbocycles. The molecule has 41 heavy (non-hydrogen) atoms. The van der Waals surface area contributed by atoms with Crippen molar-refractivity contribution < 1.29 is 23.4 Å². The average molecular weight is 565 g/mol. The van der Waals surface area contributed by atoms with E-state index in [1.165, 1.54) is 23.4 Å². The van der Waals surface area contributed by atoms with Gasteiger partial charge in [0.2, 0.25) is 0 Å². The summed E-state index contributed by atoms with van der Waals surface area (Å²) >= 11 is 0. The molecule has 0 spiro atoms. The maximum atomic E-state index is 14.6. The van der Waals surface area contributed by atoms with Crippen LogP contribution < -0.4 is 26.1 Å². The molecule has 1 atom stereocenters. The first-order chi connectivity index (χ1) is 19.8. The molecule has 1 aliphatic rings. The molecule has 5 N–H and O–H groups in total. The zero-order chi connectivity index (χ0) is 28.8. The standard InChI is InChI=1S/C28H30F2N8O3/c29-20-1-10-25(26(30)15-20)28(40,16-38-19-32-18-33-38)17-41-24-8-6-23(7-9-24)36-11-13-37(14-12-36)35-27(39)34-22-4-2-21(31)3-5-22/h1-10,15,18-19,40H,11-14,16-17,31H2,(H2,34,35,39). The first-order valence-electron chi connectivity index (χ1n) is 12.9. The van der Waals surface area contributed by atoms with E-state index in [1.54, 1.807) is 36.4 Å². The van der Waals surface area contributed by atoms with Crippen LogP contribution in [0.15, 0.2) is 79.4 Å².